The Morgan fingerprint density at radius 2 is 1.76 bits per heavy atom. The number of halogens is 3. The van der Waals surface area contributed by atoms with Gasteiger partial charge in [0.2, 0.25) is 0 Å². The second kappa shape index (κ2) is 10.3. The van der Waals surface area contributed by atoms with E-state index in [9.17, 15) is 13.6 Å². The molecule has 0 aliphatic carbocycles. The average molecular weight is 366 g/mol. The summed E-state index contributed by atoms with van der Waals surface area (Å²) in [6.07, 6.45) is 3.11. The van der Waals surface area contributed by atoms with Gasteiger partial charge in [-0.2, -0.15) is 0 Å². The fourth-order valence-corrected chi connectivity index (χ4v) is 2.89. The summed E-state index contributed by atoms with van der Waals surface area (Å²) < 4.78 is 26.2. The van der Waals surface area contributed by atoms with E-state index in [-0.39, 0.29) is 23.2 Å². The Kier molecular flexibility index (Phi) is 8.02. The van der Waals surface area contributed by atoms with Crippen molar-refractivity contribution in [3.8, 4) is 0 Å². The highest BCUT2D eigenvalue weighted by Gasteiger charge is 2.18. The maximum Gasteiger partial charge on any atom is 0.165 e. The van der Waals surface area contributed by atoms with Crippen LogP contribution in [0.1, 0.15) is 47.6 Å². The van der Waals surface area contributed by atoms with Crippen LogP contribution in [0.3, 0.4) is 0 Å². The second-order valence-corrected chi connectivity index (χ2v) is 6.24. The standard InChI is InChI=1S/C10H10ClFO.C10H12FN/c11-7-3-6-10(13)8-4-1-2-5-9(8)12;11-9-5-2-1-4-8(9)10-6-3-7-12-10/h1-2,4-5H,3,6-7H2;1-2,4-5,10,12H,3,6-7H2/t;10-/m.1/s1. The lowest BCUT2D eigenvalue weighted by atomic mass is 10.1. The Morgan fingerprint density at radius 3 is 2.36 bits per heavy atom. The van der Waals surface area contributed by atoms with Crippen LogP contribution in [0.2, 0.25) is 0 Å². The zero-order valence-electron chi connectivity index (χ0n) is 14.0. The van der Waals surface area contributed by atoms with E-state index in [1.807, 2.05) is 12.1 Å². The van der Waals surface area contributed by atoms with Crippen LogP contribution in [0, 0.1) is 11.6 Å². The zero-order chi connectivity index (χ0) is 18.1. The van der Waals surface area contributed by atoms with Crippen molar-refractivity contribution in [2.45, 2.75) is 31.7 Å². The van der Waals surface area contributed by atoms with Gasteiger partial charge in [0.1, 0.15) is 11.6 Å². The van der Waals surface area contributed by atoms with Gasteiger partial charge in [-0.05, 0) is 44.0 Å². The molecule has 134 valence electrons. The van der Waals surface area contributed by atoms with Crippen LogP contribution in [-0.2, 0) is 0 Å². The van der Waals surface area contributed by atoms with Crippen LogP contribution in [-0.4, -0.2) is 18.2 Å². The molecule has 1 atom stereocenters. The van der Waals surface area contributed by atoms with Crippen LogP contribution in [0.25, 0.3) is 0 Å². The van der Waals surface area contributed by atoms with Crippen LogP contribution in [0.15, 0.2) is 48.5 Å². The van der Waals surface area contributed by atoms with Gasteiger partial charge in [0, 0.05) is 23.9 Å². The van der Waals surface area contributed by atoms with Crippen molar-refractivity contribution < 1.29 is 13.6 Å². The summed E-state index contributed by atoms with van der Waals surface area (Å²) in [5, 5.41) is 3.27. The first-order valence-corrected chi connectivity index (χ1v) is 8.98. The van der Waals surface area contributed by atoms with E-state index in [1.54, 1.807) is 18.2 Å². The van der Waals surface area contributed by atoms with Gasteiger partial charge in [-0.1, -0.05) is 30.3 Å². The van der Waals surface area contributed by atoms with Crippen LogP contribution < -0.4 is 5.32 Å². The fourth-order valence-electron chi connectivity index (χ4n) is 2.76. The second-order valence-electron chi connectivity index (χ2n) is 5.87. The number of benzene rings is 2. The van der Waals surface area contributed by atoms with Crippen LogP contribution in [0.5, 0.6) is 0 Å². The molecule has 1 aliphatic rings. The van der Waals surface area contributed by atoms with E-state index in [2.05, 4.69) is 5.32 Å². The average Bonchev–Trinajstić information content (AvgIpc) is 3.15. The van der Waals surface area contributed by atoms with Gasteiger partial charge in [0.15, 0.2) is 5.78 Å². The van der Waals surface area contributed by atoms with E-state index < -0.39 is 5.82 Å². The monoisotopic (exact) mass is 365 g/mol. The smallest absolute Gasteiger partial charge is 0.165 e. The largest absolute Gasteiger partial charge is 0.310 e. The van der Waals surface area contributed by atoms with Crippen molar-refractivity contribution >= 4 is 17.4 Å². The van der Waals surface area contributed by atoms with Crippen LogP contribution in [0.4, 0.5) is 8.78 Å². The number of alkyl halides is 1. The number of rotatable bonds is 5. The summed E-state index contributed by atoms with van der Waals surface area (Å²) in [5.41, 5.74) is 0.975. The number of nitrogens with one attached hydrogen (secondary N) is 1. The third kappa shape index (κ3) is 5.91. The van der Waals surface area contributed by atoms with E-state index >= 15 is 0 Å². The van der Waals surface area contributed by atoms with E-state index in [1.165, 1.54) is 18.2 Å². The molecule has 5 heteroatoms. The zero-order valence-corrected chi connectivity index (χ0v) is 14.7. The molecular formula is C20H22ClF2NO. The van der Waals surface area contributed by atoms with Crippen molar-refractivity contribution in [1.82, 2.24) is 5.32 Å². The molecular weight excluding hydrogens is 344 g/mol. The SMILES string of the molecule is Fc1ccccc1[C@H]1CCCN1.O=C(CCCCl)c1ccccc1F. The molecule has 2 aromatic rings. The van der Waals surface area contributed by atoms with Gasteiger partial charge in [0.05, 0.1) is 5.56 Å². The number of hydrogen-bond donors (Lipinski definition) is 1. The fraction of sp³-hybridized carbons (Fsp3) is 0.350. The summed E-state index contributed by atoms with van der Waals surface area (Å²) in [4.78, 5) is 11.3. The minimum Gasteiger partial charge on any atom is -0.310 e. The molecule has 2 aromatic carbocycles. The Bertz CT molecular complexity index is 687. The summed E-state index contributed by atoms with van der Waals surface area (Å²) in [6, 6.07) is 13.2. The first-order valence-electron chi connectivity index (χ1n) is 8.45. The quantitative estimate of drug-likeness (QED) is 0.577. The normalized spacial score (nSPS) is 16.2. The Balaban J connectivity index is 0.000000181. The lowest BCUT2D eigenvalue weighted by Gasteiger charge is -2.10. The number of ketones is 1. The third-order valence-corrected chi connectivity index (χ3v) is 4.32. The molecule has 0 unspecified atom stereocenters. The maximum absolute atomic E-state index is 13.2. The Hall–Kier alpha value is -1.78. The van der Waals surface area contributed by atoms with Crippen molar-refractivity contribution in [2.75, 3.05) is 12.4 Å². The topological polar surface area (TPSA) is 29.1 Å². The van der Waals surface area contributed by atoms with Gasteiger partial charge >= 0.3 is 0 Å². The van der Waals surface area contributed by atoms with E-state index in [0.29, 0.717) is 18.7 Å². The molecule has 3 rings (SSSR count). The molecule has 0 spiro atoms. The van der Waals surface area contributed by atoms with Crippen molar-refractivity contribution in [1.29, 1.82) is 0 Å². The first-order chi connectivity index (χ1) is 12.1. The Labute approximate surface area is 152 Å². The molecule has 2 nitrogen and oxygen atoms in total. The highest BCUT2D eigenvalue weighted by molar-refractivity contribution is 6.18. The molecule has 0 aromatic heterocycles. The van der Waals surface area contributed by atoms with Gasteiger partial charge in [0.25, 0.3) is 0 Å². The molecule has 1 saturated heterocycles. The van der Waals surface area contributed by atoms with Gasteiger partial charge in [-0.15, -0.1) is 11.6 Å². The Morgan fingerprint density at radius 1 is 1.08 bits per heavy atom. The minimum atomic E-state index is -0.456. The lowest BCUT2D eigenvalue weighted by Crippen LogP contribution is -2.13. The van der Waals surface area contributed by atoms with Crippen LogP contribution >= 0.6 is 11.6 Å². The predicted octanol–water partition coefficient (Wildman–Crippen LogP) is 5.28. The summed E-state index contributed by atoms with van der Waals surface area (Å²) in [5.74, 6) is -0.294. The molecule has 25 heavy (non-hydrogen) atoms. The molecule has 1 heterocycles. The van der Waals surface area contributed by atoms with Crippen molar-refractivity contribution in [2.24, 2.45) is 0 Å². The lowest BCUT2D eigenvalue weighted by molar-refractivity contribution is 0.0978. The number of hydrogen-bond acceptors (Lipinski definition) is 2. The highest BCUT2D eigenvalue weighted by Crippen LogP contribution is 2.24. The molecule has 0 radical (unpaired) electrons. The van der Waals surface area contributed by atoms with E-state index in [0.717, 1.165) is 24.9 Å². The molecule has 0 amide bonds. The molecule has 1 aliphatic heterocycles. The predicted molar refractivity (Wildman–Crippen MR) is 97.1 cm³/mol. The minimum absolute atomic E-state index is 0.0862. The summed E-state index contributed by atoms with van der Waals surface area (Å²) in [7, 11) is 0. The first kappa shape index (κ1) is 19.5. The summed E-state index contributed by atoms with van der Waals surface area (Å²) in [6.45, 7) is 1.01. The number of Topliss-reactive ketones (excluding diaryl/α,β-unsaturated/α-hetero) is 1. The molecule has 0 saturated carbocycles. The van der Waals surface area contributed by atoms with Gasteiger partial charge < -0.3 is 5.32 Å². The van der Waals surface area contributed by atoms with Crippen molar-refractivity contribution in [3.63, 3.8) is 0 Å². The van der Waals surface area contributed by atoms with Gasteiger partial charge in [-0.25, -0.2) is 8.78 Å². The molecule has 1 fully saturated rings. The third-order valence-electron chi connectivity index (χ3n) is 4.05. The molecule has 0 bridgehead atoms. The van der Waals surface area contributed by atoms with Crippen molar-refractivity contribution in [3.05, 3.63) is 71.3 Å². The number of carbonyl (C=O) groups is 1. The maximum atomic E-state index is 13.2. The highest BCUT2D eigenvalue weighted by atomic mass is 35.5. The van der Waals surface area contributed by atoms with Gasteiger partial charge in [-0.3, -0.25) is 4.79 Å². The van der Waals surface area contributed by atoms with E-state index in [4.69, 9.17) is 11.6 Å². The molecule has 1 N–H and O–H groups in total. The number of carbonyl (C=O) groups excluding carboxylic acids is 1. The summed E-state index contributed by atoms with van der Waals surface area (Å²) >= 11 is 5.43.